The highest BCUT2D eigenvalue weighted by molar-refractivity contribution is 5.89. The quantitative estimate of drug-likeness (QED) is 0.812. The van der Waals surface area contributed by atoms with E-state index in [1.807, 2.05) is 20.8 Å². The van der Waals surface area contributed by atoms with Crippen molar-refractivity contribution in [3.63, 3.8) is 0 Å². The predicted octanol–water partition coefficient (Wildman–Crippen LogP) is 1.33. The maximum Gasteiger partial charge on any atom is 0.241 e. The molecule has 4 atom stereocenters. The van der Waals surface area contributed by atoms with Gasteiger partial charge in [-0.25, -0.2) is 0 Å². The van der Waals surface area contributed by atoms with Gasteiger partial charge in [0.25, 0.3) is 0 Å². The summed E-state index contributed by atoms with van der Waals surface area (Å²) in [6.07, 6.45) is 3.30. The smallest absolute Gasteiger partial charge is 0.241 e. The lowest BCUT2D eigenvalue weighted by atomic mass is 9.54. The Hall–Kier alpha value is -1.12. The molecule has 2 aliphatic carbocycles. The molecule has 2 saturated carbocycles. The summed E-state index contributed by atoms with van der Waals surface area (Å²) in [6.45, 7) is 6.54. The van der Waals surface area contributed by atoms with Crippen LogP contribution >= 0.6 is 0 Å². The van der Waals surface area contributed by atoms with Crippen LogP contribution in [0.2, 0.25) is 0 Å². The standard InChI is InChI=1S/C15H25N3O2/c1-4-20-12-8-15(17,14(12,2)3)13(19)18-11-7-5-6-10(11)9-16/h10-12H,4-8,17H2,1-3H3,(H,18,19). The van der Waals surface area contributed by atoms with Crippen LogP contribution in [0.5, 0.6) is 0 Å². The summed E-state index contributed by atoms with van der Waals surface area (Å²) >= 11 is 0. The maximum atomic E-state index is 12.5. The van der Waals surface area contributed by atoms with Crippen LogP contribution in [0.25, 0.3) is 0 Å². The predicted molar refractivity (Wildman–Crippen MR) is 75.6 cm³/mol. The third-order valence-electron chi connectivity index (χ3n) is 5.23. The second-order valence-corrected chi connectivity index (χ2v) is 6.59. The number of hydrogen-bond acceptors (Lipinski definition) is 4. The van der Waals surface area contributed by atoms with E-state index in [1.165, 1.54) is 0 Å². The Labute approximate surface area is 120 Å². The summed E-state index contributed by atoms with van der Waals surface area (Å²) in [6, 6.07) is 2.23. The molecule has 112 valence electrons. The third-order valence-corrected chi connectivity index (χ3v) is 5.23. The highest BCUT2D eigenvalue weighted by atomic mass is 16.5. The minimum absolute atomic E-state index is 0.0265. The summed E-state index contributed by atoms with van der Waals surface area (Å²) in [4.78, 5) is 12.5. The molecule has 0 heterocycles. The number of ether oxygens (including phenoxy) is 1. The van der Waals surface area contributed by atoms with Gasteiger partial charge in [-0.3, -0.25) is 4.79 Å². The van der Waals surface area contributed by atoms with Crippen molar-refractivity contribution in [2.24, 2.45) is 17.1 Å². The van der Waals surface area contributed by atoms with Gasteiger partial charge in [0.1, 0.15) is 5.54 Å². The lowest BCUT2D eigenvalue weighted by Gasteiger charge is -2.57. The monoisotopic (exact) mass is 279 g/mol. The number of nitrogens with two attached hydrogens (primary N) is 1. The summed E-state index contributed by atoms with van der Waals surface area (Å²) < 4.78 is 5.64. The van der Waals surface area contributed by atoms with E-state index in [-0.39, 0.29) is 29.4 Å². The Morgan fingerprint density at radius 3 is 2.75 bits per heavy atom. The first-order chi connectivity index (χ1) is 9.36. The van der Waals surface area contributed by atoms with Crippen LogP contribution in [-0.4, -0.2) is 30.2 Å². The molecule has 0 saturated heterocycles. The molecule has 0 aromatic heterocycles. The van der Waals surface area contributed by atoms with Crippen molar-refractivity contribution in [2.45, 2.75) is 64.1 Å². The number of carbonyl (C=O) groups excluding carboxylic acids is 1. The van der Waals surface area contributed by atoms with Crippen molar-refractivity contribution in [1.29, 1.82) is 5.26 Å². The summed E-state index contributed by atoms with van der Waals surface area (Å²) in [5.41, 5.74) is 5.06. The topological polar surface area (TPSA) is 88.1 Å². The Morgan fingerprint density at radius 1 is 1.50 bits per heavy atom. The first-order valence-corrected chi connectivity index (χ1v) is 7.48. The van der Waals surface area contributed by atoms with Crippen LogP contribution in [0.15, 0.2) is 0 Å². The van der Waals surface area contributed by atoms with Crippen LogP contribution in [0.3, 0.4) is 0 Å². The minimum atomic E-state index is -0.893. The Kier molecular flexibility index (Phi) is 4.08. The molecule has 0 aliphatic heterocycles. The summed E-state index contributed by atoms with van der Waals surface area (Å²) in [7, 11) is 0. The molecule has 20 heavy (non-hydrogen) atoms. The SMILES string of the molecule is CCOC1CC(N)(C(=O)NC2CCCC2C#N)C1(C)C. The van der Waals surface area contributed by atoms with E-state index in [0.717, 1.165) is 19.3 Å². The van der Waals surface area contributed by atoms with Gasteiger partial charge < -0.3 is 15.8 Å². The molecular weight excluding hydrogens is 254 g/mol. The van der Waals surface area contributed by atoms with Crippen LogP contribution < -0.4 is 11.1 Å². The maximum absolute atomic E-state index is 12.5. The van der Waals surface area contributed by atoms with Crippen molar-refractivity contribution in [1.82, 2.24) is 5.32 Å². The number of nitrogens with one attached hydrogen (secondary N) is 1. The van der Waals surface area contributed by atoms with E-state index in [4.69, 9.17) is 15.7 Å². The van der Waals surface area contributed by atoms with E-state index in [2.05, 4.69) is 11.4 Å². The van der Waals surface area contributed by atoms with E-state index >= 15 is 0 Å². The molecule has 0 aromatic carbocycles. The first kappa shape index (κ1) is 15.3. The summed E-state index contributed by atoms with van der Waals surface area (Å²) in [5.74, 6) is -0.209. The zero-order chi connectivity index (χ0) is 15.0. The van der Waals surface area contributed by atoms with Gasteiger partial charge in [-0.2, -0.15) is 5.26 Å². The van der Waals surface area contributed by atoms with Gasteiger partial charge in [0, 0.05) is 24.5 Å². The van der Waals surface area contributed by atoms with Crippen LogP contribution in [0.1, 0.15) is 46.5 Å². The average molecular weight is 279 g/mol. The third kappa shape index (κ3) is 2.21. The fourth-order valence-corrected chi connectivity index (χ4v) is 3.41. The highest BCUT2D eigenvalue weighted by Crippen LogP contribution is 2.50. The van der Waals surface area contributed by atoms with E-state index < -0.39 is 5.54 Å². The van der Waals surface area contributed by atoms with Crippen LogP contribution in [0.4, 0.5) is 0 Å². The van der Waals surface area contributed by atoms with Gasteiger partial charge in [-0.15, -0.1) is 0 Å². The molecule has 3 N–H and O–H groups in total. The summed E-state index contributed by atoms with van der Waals surface area (Å²) in [5, 5.41) is 12.1. The molecular formula is C15H25N3O2. The molecule has 2 fully saturated rings. The number of nitrogens with zero attached hydrogens (tertiary/aromatic N) is 1. The minimum Gasteiger partial charge on any atom is -0.378 e. The van der Waals surface area contributed by atoms with Gasteiger partial charge in [0.15, 0.2) is 0 Å². The van der Waals surface area contributed by atoms with Crippen molar-refractivity contribution >= 4 is 5.91 Å². The Bertz CT molecular complexity index is 429. The van der Waals surface area contributed by atoms with Crippen molar-refractivity contribution < 1.29 is 9.53 Å². The molecule has 0 spiro atoms. The number of carbonyl (C=O) groups is 1. The Balaban J connectivity index is 2.01. The fraction of sp³-hybridized carbons (Fsp3) is 0.867. The Morgan fingerprint density at radius 2 is 2.20 bits per heavy atom. The number of rotatable bonds is 4. The van der Waals surface area contributed by atoms with Gasteiger partial charge in [-0.1, -0.05) is 13.8 Å². The molecule has 5 nitrogen and oxygen atoms in total. The molecule has 1 amide bonds. The molecule has 0 aromatic rings. The molecule has 2 rings (SSSR count). The zero-order valence-electron chi connectivity index (χ0n) is 12.6. The molecule has 2 aliphatic rings. The van der Waals surface area contributed by atoms with Crippen LogP contribution in [0, 0.1) is 22.7 Å². The molecule has 4 unspecified atom stereocenters. The largest absolute Gasteiger partial charge is 0.378 e. The van der Waals surface area contributed by atoms with E-state index in [1.54, 1.807) is 0 Å². The van der Waals surface area contributed by atoms with Gasteiger partial charge in [0.05, 0.1) is 18.1 Å². The van der Waals surface area contributed by atoms with Gasteiger partial charge >= 0.3 is 0 Å². The fourth-order valence-electron chi connectivity index (χ4n) is 3.41. The number of hydrogen-bond donors (Lipinski definition) is 2. The van der Waals surface area contributed by atoms with Gasteiger partial charge in [-0.05, 0) is 26.2 Å². The molecule has 0 bridgehead atoms. The van der Waals surface area contributed by atoms with E-state index in [9.17, 15) is 4.79 Å². The average Bonchev–Trinajstić information content (AvgIpc) is 2.85. The van der Waals surface area contributed by atoms with Crippen LogP contribution in [-0.2, 0) is 9.53 Å². The first-order valence-electron chi connectivity index (χ1n) is 7.48. The highest BCUT2D eigenvalue weighted by Gasteiger charge is 2.63. The lowest BCUT2D eigenvalue weighted by molar-refractivity contribution is -0.171. The second-order valence-electron chi connectivity index (χ2n) is 6.59. The van der Waals surface area contributed by atoms with E-state index in [0.29, 0.717) is 13.0 Å². The normalized spacial score (nSPS) is 38.9. The number of amides is 1. The van der Waals surface area contributed by atoms with Crippen molar-refractivity contribution in [3.8, 4) is 6.07 Å². The zero-order valence-corrected chi connectivity index (χ0v) is 12.6. The second kappa shape index (κ2) is 5.34. The van der Waals surface area contributed by atoms with Crippen molar-refractivity contribution in [2.75, 3.05) is 6.61 Å². The number of nitriles is 1. The van der Waals surface area contributed by atoms with Gasteiger partial charge in [0.2, 0.25) is 5.91 Å². The molecule has 0 radical (unpaired) electrons. The molecule has 5 heteroatoms. The lowest BCUT2D eigenvalue weighted by Crippen LogP contribution is -2.76. The van der Waals surface area contributed by atoms with Crippen molar-refractivity contribution in [3.05, 3.63) is 0 Å².